The molecule has 144 valence electrons. The number of ether oxygens (including phenoxy) is 1. The van der Waals surface area contributed by atoms with Crippen LogP contribution in [0.2, 0.25) is 0 Å². The molecule has 0 aromatic heterocycles. The average Bonchev–Trinajstić information content (AvgIpc) is 2.83. The Morgan fingerprint density at radius 2 is 1.81 bits per heavy atom. The molecule has 7 nitrogen and oxygen atoms in total. The van der Waals surface area contributed by atoms with Crippen molar-refractivity contribution < 1.29 is 23.9 Å². The normalized spacial score (nSPS) is 26.1. The molecule has 1 heterocycles. The minimum Gasteiger partial charge on any atom is -0.465 e. The first-order valence-corrected chi connectivity index (χ1v) is 8.96. The van der Waals surface area contributed by atoms with E-state index in [-0.39, 0.29) is 24.3 Å². The van der Waals surface area contributed by atoms with Crippen molar-refractivity contribution in [1.82, 2.24) is 4.90 Å². The Bertz CT molecular complexity index is 814. The second-order valence-corrected chi connectivity index (χ2v) is 7.99. The quantitative estimate of drug-likeness (QED) is 0.646. The summed E-state index contributed by atoms with van der Waals surface area (Å²) in [6.07, 6.45) is 1.32. The van der Waals surface area contributed by atoms with E-state index in [2.05, 4.69) is 10.1 Å². The van der Waals surface area contributed by atoms with Crippen molar-refractivity contribution >= 4 is 29.4 Å². The Hall–Kier alpha value is -2.70. The number of piperidine rings is 1. The predicted octanol–water partition coefficient (Wildman–Crippen LogP) is 2.22. The van der Waals surface area contributed by atoms with E-state index in [4.69, 9.17) is 0 Å². The molecule has 7 heteroatoms. The largest absolute Gasteiger partial charge is 0.465 e. The van der Waals surface area contributed by atoms with Gasteiger partial charge in [-0.1, -0.05) is 20.8 Å². The van der Waals surface area contributed by atoms with Gasteiger partial charge in [0, 0.05) is 11.6 Å². The van der Waals surface area contributed by atoms with Crippen LogP contribution < -0.4 is 5.32 Å². The summed E-state index contributed by atoms with van der Waals surface area (Å²) >= 11 is 0. The highest BCUT2D eigenvalue weighted by atomic mass is 16.5. The highest BCUT2D eigenvalue weighted by Gasteiger charge is 2.64. The van der Waals surface area contributed by atoms with E-state index in [1.165, 1.54) is 19.2 Å². The number of esters is 1. The van der Waals surface area contributed by atoms with E-state index in [0.29, 0.717) is 24.1 Å². The summed E-state index contributed by atoms with van der Waals surface area (Å²) in [6, 6.07) is 6.20. The van der Waals surface area contributed by atoms with Gasteiger partial charge in [-0.15, -0.1) is 0 Å². The van der Waals surface area contributed by atoms with Gasteiger partial charge in [0.2, 0.25) is 17.7 Å². The zero-order valence-corrected chi connectivity index (χ0v) is 16.0. The summed E-state index contributed by atoms with van der Waals surface area (Å²) in [5.41, 5.74) is -0.200. The van der Waals surface area contributed by atoms with E-state index in [0.717, 1.165) is 4.90 Å². The Kier molecular flexibility index (Phi) is 4.57. The third kappa shape index (κ3) is 2.91. The van der Waals surface area contributed by atoms with Crippen LogP contribution in [0.5, 0.6) is 0 Å². The van der Waals surface area contributed by atoms with Gasteiger partial charge in [-0.25, -0.2) is 4.79 Å². The monoisotopic (exact) mass is 372 g/mol. The first kappa shape index (κ1) is 19.1. The molecule has 1 aromatic rings. The molecule has 27 heavy (non-hydrogen) atoms. The smallest absolute Gasteiger partial charge is 0.337 e. The number of benzene rings is 1. The van der Waals surface area contributed by atoms with Crippen LogP contribution in [-0.2, 0) is 19.1 Å². The van der Waals surface area contributed by atoms with Crippen LogP contribution in [0.25, 0.3) is 0 Å². The summed E-state index contributed by atoms with van der Waals surface area (Å²) in [4.78, 5) is 50.6. The number of nitrogens with zero attached hydrogens (tertiary/aromatic N) is 1. The standard InChI is InChI=1S/C20H24N2O5/c1-19(2)14-9-10-20(19,3)18(26)22(16(14)24)11-15(23)21-13-7-5-12(6-8-13)17(25)27-4/h5-8,14H,9-11H2,1-4H3,(H,21,23). The molecule has 2 bridgehead atoms. The van der Waals surface area contributed by atoms with Crippen molar-refractivity contribution in [2.24, 2.45) is 16.7 Å². The second kappa shape index (κ2) is 6.48. The molecule has 3 rings (SSSR count). The molecule has 0 radical (unpaired) electrons. The van der Waals surface area contributed by atoms with E-state index in [9.17, 15) is 19.2 Å². The number of likely N-dealkylation sites (tertiary alicyclic amines) is 1. The van der Waals surface area contributed by atoms with Crippen LogP contribution in [0.15, 0.2) is 24.3 Å². The molecule has 1 aromatic carbocycles. The zero-order chi connectivity index (χ0) is 20.0. The van der Waals surface area contributed by atoms with Crippen molar-refractivity contribution in [3.05, 3.63) is 29.8 Å². The molecule has 1 aliphatic carbocycles. The topological polar surface area (TPSA) is 92.8 Å². The van der Waals surface area contributed by atoms with Gasteiger partial charge in [-0.2, -0.15) is 0 Å². The Morgan fingerprint density at radius 1 is 1.19 bits per heavy atom. The molecule has 2 atom stereocenters. The molecule has 2 unspecified atom stereocenters. The zero-order valence-electron chi connectivity index (χ0n) is 16.0. The third-order valence-electron chi connectivity index (χ3n) is 6.40. The number of hydrogen-bond acceptors (Lipinski definition) is 5. The Labute approximate surface area is 158 Å². The SMILES string of the molecule is COC(=O)c1ccc(NC(=O)CN2C(=O)C3CCC(C)(C2=O)C3(C)C)cc1. The number of hydrogen-bond donors (Lipinski definition) is 1. The summed E-state index contributed by atoms with van der Waals surface area (Å²) < 4.78 is 4.63. The van der Waals surface area contributed by atoms with Gasteiger partial charge in [-0.3, -0.25) is 19.3 Å². The lowest BCUT2D eigenvalue weighted by Crippen LogP contribution is -2.60. The van der Waals surface area contributed by atoms with E-state index < -0.39 is 22.7 Å². The summed E-state index contributed by atoms with van der Waals surface area (Å²) in [7, 11) is 1.29. The maximum atomic E-state index is 12.9. The van der Waals surface area contributed by atoms with Crippen molar-refractivity contribution in [3.8, 4) is 0 Å². The van der Waals surface area contributed by atoms with Gasteiger partial charge in [-0.05, 0) is 42.5 Å². The van der Waals surface area contributed by atoms with E-state index >= 15 is 0 Å². The van der Waals surface area contributed by atoms with Crippen LogP contribution in [0.3, 0.4) is 0 Å². The van der Waals surface area contributed by atoms with Gasteiger partial charge >= 0.3 is 5.97 Å². The molecule has 1 saturated heterocycles. The third-order valence-corrected chi connectivity index (χ3v) is 6.40. The maximum Gasteiger partial charge on any atom is 0.337 e. The minimum atomic E-state index is -0.631. The van der Waals surface area contributed by atoms with Gasteiger partial charge in [0.15, 0.2) is 0 Å². The molecular weight excluding hydrogens is 348 g/mol. The van der Waals surface area contributed by atoms with E-state index in [1.807, 2.05) is 20.8 Å². The molecule has 2 aliphatic rings. The van der Waals surface area contributed by atoms with Gasteiger partial charge in [0.25, 0.3) is 0 Å². The molecule has 2 fully saturated rings. The fraction of sp³-hybridized carbons (Fsp3) is 0.500. The number of nitrogens with one attached hydrogen (secondary N) is 1. The average molecular weight is 372 g/mol. The predicted molar refractivity (Wildman–Crippen MR) is 97.7 cm³/mol. The number of carbonyl (C=O) groups is 4. The van der Waals surface area contributed by atoms with Gasteiger partial charge in [0.05, 0.1) is 18.1 Å². The fourth-order valence-corrected chi connectivity index (χ4v) is 4.20. The molecular formula is C20H24N2O5. The summed E-state index contributed by atoms with van der Waals surface area (Å²) in [5.74, 6) is -1.71. The Morgan fingerprint density at radius 3 is 2.41 bits per heavy atom. The number of carbonyl (C=O) groups excluding carboxylic acids is 4. The number of anilines is 1. The lowest BCUT2D eigenvalue weighted by molar-refractivity contribution is -0.168. The highest BCUT2D eigenvalue weighted by molar-refractivity contribution is 6.07. The minimum absolute atomic E-state index is 0.243. The van der Waals surface area contributed by atoms with Gasteiger partial charge in [0.1, 0.15) is 6.54 Å². The summed E-state index contributed by atoms with van der Waals surface area (Å²) in [6.45, 7) is 5.50. The lowest BCUT2D eigenvalue weighted by atomic mass is 9.62. The first-order valence-electron chi connectivity index (χ1n) is 8.96. The molecule has 0 spiro atoms. The molecule has 3 amide bonds. The van der Waals surface area contributed by atoms with Crippen LogP contribution in [0.1, 0.15) is 44.0 Å². The van der Waals surface area contributed by atoms with Crippen molar-refractivity contribution in [2.75, 3.05) is 19.0 Å². The van der Waals surface area contributed by atoms with Crippen molar-refractivity contribution in [3.63, 3.8) is 0 Å². The lowest BCUT2D eigenvalue weighted by Gasteiger charge is -2.47. The number of fused-ring (bicyclic) bond motifs is 2. The highest BCUT2D eigenvalue weighted by Crippen LogP contribution is 2.59. The maximum absolute atomic E-state index is 12.9. The number of imide groups is 1. The molecule has 1 N–H and O–H groups in total. The van der Waals surface area contributed by atoms with Crippen LogP contribution >= 0.6 is 0 Å². The summed E-state index contributed by atoms with van der Waals surface area (Å²) in [5, 5.41) is 2.66. The van der Waals surface area contributed by atoms with Crippen molar-refractivity contribution in [1.29, 1.82) is 0 Å². The van der Waals surface area contributed by atoms with Crippen LogP contribution in [0, 0.1) is 16.7 Å². The van der Waals surface area contributed by atoms with Gasteiger partial charge < -0.3 is 10.1 Å². The molecule has 1 aliphatic heterocycles. The fourth-order valence-electron chi connectivity index (χ4n) is 4.20. The first-order chi connectivity index (χ1) is 12.6. The molecule has 1 saturated carbocycles. The van der Waals surface area contributed by atoms with Crippen LogP contribution in [-0.4, -0.2) is 42.2 Å². The Balaban J connectivity index is 1.70. The van der Waals surface area contributed by atoms with Crippen LogP contribution in [0.4, 0.5) is 5.69 Å². The van der Waals surface area contributed by atoms with Crippen molar-refractivity contribution in [2.45, 2.75) is 33.6 Å². The second-order valence-electron chi connectivity index (χ2n) is 7.99. The number of rotatable bonds is 4. The number of methoxy groups -OCH3 is 1. The number of amides is 3. The van der Waals surface area contributed by atoms with E-state index in [1.54, 1.807) is 12.1 Å².